The van der Waals surface area contributed by atoms with Crippen molar-refractivity contribution in [3.05, 3.63) is 22.1 Å². The second-order valence-corrected chi connectivity index (χ2v) is 5.55. The van der Waals surface area contributed by atoms with Crippen molar-refractivity contribution < 1.29 is 0 Å². The molecule has 0 bridgehead atoms. The third kappa shape index (κ3) is 1.68. The number of nitrogens with two attached hydrogens (primary N) is 2. The van der Waals surface area contributed by atoms with Crippen LogP contribution >= 0.6 is 0 Å². The lowest BCUT2D eigenvalue weighted by Gasteiger charge is -2.25. The average molecular weight is 221 g/mol. The van der Waals surface area contributed by atoms with Crippen LogP contribution in [0, 0.1) is 0 Å². The highest BCUT2D eigenvalue weighted by Crippen LogP contribution is 2.38. The van der Waals surface area contributed by atoms with Crippen molar-refractivity contribution in [1.29, 1.82) is 0 Å². The number of nitrogen functional groups attached to an aromatic ring is 2. The van der Waals surface area contributed by atoms with Crippen LogP contribution < -0.4 is 17.0 Å². The fourth-order valence-electron chi connectivity index (χ4n) is 1.93. The Hall–Kier alpha value is -1.45. The number of hydrogen-bond acceptors (Lipinski definition) is 3. The van der Waals surface area contributed by atoms with Gasteiger partial charge in [-0.15, -0.1) is 0 Å². The standard InChI is InChI=1S/C12H19N3O/c1-12(2,3)9-6-8(13)10(14)11(16)15(9)7-4-5-7/h6-7H,4-5,13-14H2,1-3H3. The van der Waals surface area contributed by atoms with E-state index in [1.807, 2.05) is 10.6 Å². The topological polar surface area (TPSA) is 74.0 Å². The van der Waals surface area contributed by atoms with Gasteiger partial charge in [0.2, 0.25) is 0 Å². The summed E-state index contributed by atoms with van der Waals surface area (Å²) in [6.45, 7) is 6.24. The lowest BCUT2D eigenvalue weighted by molar-refractivity contribution is 0.507. The maximum atomic E-state index is 12.1. The summed E-state index contributed by atoms with van der Waals surface area (Å²) < 4.78 is 1.83. The van der Waals surface area contributed by atoms with E-state index in [4.69, 9.17) is 11.5 Å². The molecular formula is C12H19N3O. The minimum absolute atomic E-state index is 0.0937. The molecule has 1 heterocycles. The van der Waals surface area contributed by atoms with Gasteiger partial charge in [0.1, 0.15) is 5.69 Å². The van der Waals surface area contributed by atoms with Gasteiger partial charge >= 0.3 is 0 Å². The van der Waals surface area contributed by atoms with Crippen molar-refractivity contribution in [2.45, 2.75) is 45.1 Å². The van der Waals surface area contributed by atoms with Crippen molar-refractivity contribution in [2.75, 3.05) is 11.5 Å². The Bertz CT molecular complexity index is 478. The van der Waals surface area contributed by atoms with Gasteiger partial charge in [-0.1, -0.05) is 20.8 Å². The Labute approximate surface area is 95.3 Å². The summed E-state index contributed by atoms with van der Waals surface area (Å²) in [7, 11) is 0. The number of pyridine rings is 1. The Kier molecular flexibility index (Phi) is 2.26. The number of rotatable bonds is 1. The highest BCUT2D eigenvalue weighted by molar-refractivity contribution is 5.62. The second-order valence-electron chi connectivity index (χ2n) is 5.55. The first kappa shape index (κ1) is 11.0. The van der Waals surface area contributed by atoms with Gasteiger partial charge in [0.05, 0.1) is 5.69 Å². The lowest BCUT2D eigenvalue weighted by Crippen LogP contribution is -2.31. The second kappa shape index (κ2) is 3.27. The van der Waals surface area contributed by atoms with E-state index in [9.17, 15) is 4.79 Å². The molecule has 4 heteroatoms. The molecule has 0 radical (unpaired) electrons. The Morgan fingerprint density at radius 3 is 2.31 bits per heavy atom. The van der Waals surface area contributed by atoms with Gasteiger partial charge < -0.3 is 16.0 Å². The quantitative estimate of drug-likeness (QED) is 0.757. The molecule has 16 heavy (non-hydrogen) atoms. The summed E-state index contributed by atoms with van der Waals surface area (Å²) in [5.74, 6) is 0. The van der Waals surface area contributed by atoms with Crippen LogP contribution in [-0.4, -0.2) is 4.57 Å². The van der Waals surface area contributed by atoms with E-state index in [0.717, 1.165) is 18.5 Å². The van der Waals surface area contributed by atoms with Gasteiger partial charge in [0.25, 0.3) is 5.56 Å². The normalized spacial score (nSPS) is 16.4. The summed E-state index contributed by atoms with van der Waals surface area (Å²) in [6, 6.07) is 2.17. The summed E-state index contributed by atoms with van der Waals surface area (Å²) >= 11 is 0. The molecule has 88 valence electrons. The molecule has 0 spiro atoms. The smallest absolute Gasteiger partial charge is 0.276 e. The molecule has 0 aliphatic heterocycles. The maximum absolute atomic E-state index is 12.1. The molecule has 1 aromatic rings. The Morgan fingerprint density at radius 1 is 1.31 bits per heavy atom. The van der Waals surface area contributed by atoms with E-state index in [0.29, 0.717) is 11.7 Å². The number of nitrogens with zero attached hydrogens (tertiary/aromatic N) is 1. The molecule has 0 atom stereocenters. The number of hydrogen-bond donors (Lipinski definition) is 2. The average Bonchev–Trinajstić information content (AvgIpc) is 2.95. The molecule has 0 saturated heterocycles. The molecule has 2 rings (SSSR count). The molecule has 0 aromatic carbocycles. The fourth-order valence-corrected chi connectivity index (χ4v) is 1.93. The van der Waals surface area contributed by atoms with Crippen molar-refractivity contribution in [3.63, 3.8) is 0 Å². The van der Waals surface area contributed by atoms with Crippen LogP contribution in [0.3, 0.4) is 0 Å². The van der Waals surface area contributed by atoms with E-state index in [-0.39, 0.29) is 16.7 Å². The maximum Gasteiger partial charge on any atom is 0.276 e. The zero-order chi connectivity index (χ0) is 12.1. The number of anilines is 2. The van der Waals surface area contributed by atoms with Crippen molar-refractivity contribution in [3.8, 4) is 0 Å². The summed E-state index contributed by atoms with van der Waals surface area (Å²) in [5.41, 5.74) is 12.8. The van der Waals surface area contributed by atoms with Crippen LogP contribution in [0.5, 0.6) is 0 Å². The van der Waals surface area contributed by atoms with Crippen LogP contribution in [0.4, 0.5) is 11.4 Å². The van der Waals surface area contributed by atoms with Gasteiger partial charge in [0, 0.05) is 17.2 Å². The molecule has 4 N–H and O–H groups in total. The largest absolute Gasteiger partial charge is 0.397 e. The van der Waals surface area contributed by atoms with E-state index >= 15 is 0 Å². The zero-order valence-corrected chi connectivity index (χ0v) is 10.1. The SMILES string of the molecule is CC(C)(C)c1cc(N)c(N)c(=O)n1C1CC1. The van der Waals surface area contributed by atoms with Gasteiger partial charge in [0.15, 0.2) is 0 Å². The zero-order valence-electron chi connectivity index (χ0n) is 10.1. The van der Waals surface area contributed by atoms with Crippen molar-refractivity contribution in [1.82, 2.24) is 4.57 Å². The minimum Gasteiger partial charge on any atom is -0.397 e. The highest BCUT2D eigenvalue weighted by Gasteiger charge is 2.31. The van der Waals surface area contributed by atoms with E-state index < -0.39 is 0 Å². The number of aromatic nitrogens is 1. The highest BCUT2D eigenvalue weighted by atomic mass is 16.1. The first-order valence-electron chi connectivity index (χ1n) is 5.63. The van der Waals surface area contributed by atoms with Crippen LogP contribution in [0.25, 0.3) is 0 Å². The van der Waals surface area contributed by atoms with E-state index in [2.05, 4.69) is 20.8 Å². The summed E-state index contributed by atoms with van der Waals surface area (Å²) in [5, 5.41) is 0. The molecule has 0 amide bonds. The van der Waals surface area contributed by atoms with Crippen LogP contribution in [0.15, 0.2) is 10.9 Å². The molecule has 0 unspecified atom stereocenters. The first-order chi connectivity index (χ1) is 7.32. The lowest BCUT2D eigenvalue weighted by atomic mass is 9.90. The van der Waals surface area contributed by atoms with E-state index in [1.165, 1.54) is 0 Å². The monoisotopic (exact) mass is 221 g/mol. The molecule has 1 aliphatic rings. The van der Waals surface area contributed by atoms with Crippen LogP contribution in [0.1, 0.15) is 45.3 Å². The predicted octanol–water partition coefficient (Wildman–Crippen LogP) is 1.65. The van der Waals surface area contributed by atoms with E-state index in [1.54, 1.807) is 0 Å². The summed E-state index contributed by atoms with van der Waals surface area (Å²) in [4.78, 5) is 12.1. The first-order valence-corrected chi connectivity index (χ1v) is 5.63. The fraction of sp³-hybridized carbons (Fsp3) is 0.583. The summed E-state index contributed by atoms with van der Waals surface area (Å²) in [6.07, 6.45) is 2.12. The molecular weight excluding hydrogens is 202 g/mol. The van der Waals surface area contributed by atoms with Gasteiger partial charge in [-0.3, -0.25) is 4.79 Å². The van der Waals surface area contributed by atoms with Crippen LogP contribution in [0.2, 0.25) is 0 Å². The molecule has 4 nitrogen and oxygen atoms in total. The van der Waals surface area contributed by atoms with Gasteiger partial charge in [-0.2, -0.15) is 0 Å². The van der Waals surface area contributed by atoms with Gasteiger partial charge in [-0.05, 0) is 18.9 Å². The molecule has 1 fully saturated rings. The third-order valence-corrected chi connectivity index (χ3v) is 2.99. The predicted molar refractivity (Wildman–Crippen MR) is 66.5 cm³/mol. The Morgan fingerprint density at radius 2 is 1.88 bits per heavy atom. The Balaban J connectivity index is 2.72. The molecule has 1 aliphatic carbocycles. The van der Waals surface area contributed by atoms with Crippen molar-refractivity contribution in [2.24, 2.45) is 0 Å². The third-order valence-electron chi connectivity index (χ3n) is 2.99. The molecule has 1 saturated carbocycles. The van der Waals surface area contributed by atoms with Gasteiger partial charge in [-0.25, -0.2) is 0 Å². The van der Waals surface area contributed by atoms with Crippen molar-refractivity contribution >= 4 is 11.4 Å². The van der Waals surface area contributed by atoms with Crippen LogP contribution in [-0.2, 0) is 5.41 Å². The molecule has 1 aromatic heterocycles. The minimum atomic E-state index is -0.132.